The summed E-state index contributed by atoms with van der Waals surface area (Å²) < 4.78 is 5.13. The quantitative estimate of drug-likeness (QED) is 0.880. The standard InChI is InChI=1S/C15H21N5O/c1-5-7-16-14-10(3)11(6-2)19-15(20-14)12-8-13(21-4)18-9-17-12/h8-9H,5-7H2,1-4H3,(H,16,19,20). The summed E-state index contributed by atoms with van der Waals surface area (Å²) >= 11 is 0. The zero-order chi connectivity index (χ0) is 15.2. The highest BCUT2D eigenvalue weighted by Crippen LogP contribution is 2.22. The first kappa shape index (κ1) is 15.2. The molecule has 0 saturated heterocycles. The molecule has 6 nitrogen and oxygen atoms in total. The van der Waals surface area contributed by atoms with Crippen LogP contribution in [0.3, 0.4) is 0 Å². The Morgan fingerprint density at radius 3 is 2.67 bits per heavy atom. The van der Waals surface area contributed by atoms with Crippen LogP contribution in [0.5, 0.6) is 5.88 Å². The lowest BCUT2D eigenvalue weighted by molar-refractivity contribution is 0.397. The molecule has 0 fully saturated rings. The van der Waals surface area contributed by atoms with Crippen molar-refractivity contribution in [2.45, 2.75) is 33.6 Å². The maximum Gasteiger partial charge on any atom is 0.216 e. The summed E-state index contributed by atoms with van der Waals surface area (Å²) in [5, 5.41) is 3.35. The van der Waals surface area contributed by atoms with Crippen LogP contribution in [-0.4, -0.2) is 33.6 Å². The molecule has 0 aromatic carbocycles. The molecule has 6 heteroatoms. The Hall–Kier alpha value is -2.24. The summed E-state index contributed by atoms with van der Waals surface area (Å²) in [5.74, 6) is 1.97. The van der Waals surface area contributed by atoms with E-state index in [0.717, 1.165) is 36.5 Å². The molecule has 2 heterocycles. The van der Waals surface area contributed by atoms with Gasteiger partial charge in [0.1, 0.15) is 17.8 Å². The van der Waals surface area contributed by atoms with Crippen molar-refractivity contribution >= 4 is 5.82 Å². The van der Waals surface area contributed by atoms with Crippen molar-refractivity contribution in [1.29, 1.82) is 0 Å². The van der Waals surface area contributed by atoms with Crippen LogP contribution in [0.4, 0.5) is 5.82 Å². The van der Waals surface area contributed by atoms with Crippen molar-refractivity contribution in [3.63, 3.8) is 0 Å². The molecule has 0 unspecified atom stereocenters. The lowest BCUT2D eigenvalue weighted by Crippen LogP contribution is -2.09. The van der Waals surface area contributed by atoms with Gasteiger partial charge in [0.2, 0.25) is 5.88 Å². The fourth-order valence-electron chi connectivity index (χ4n) is 2.01. The summed E-state index contributed by atoms with van der Waals surface area (Å²) in [7, 11) is 1.58. The third kappa shape index (κ3) is 3.45. The summed E-state index contributed by atoms with van der Waals surface area (Å²) in [6.45, 7) is 7.14. The minimum absolute atomic E-state index is 0.505. The third-order valence-electron chi connectivity index (χ3n) is 3.20. The first-order valence-electron chi connectivity index (χ1n) is 7.17. The topological polar surface area (TPSA) is 72.8 Å². The molecule has 0 spiro atoms. The molecule has 2 aromatic rings. The number of hydrogen-bond acceptors (Lipinski definition) is 6. The average molecular weight is 287 g/mol. The molecule has 0 saturated carbocycles. The van der Waals surface area contributed by atoms with E-state index in [0.29, 0.717) is 17.4 Å². The molecule has 0 aliphatic carbocycles. The van der Waals surface area contributed by atoms with Gasteiger partial charge in [-0.3, -0.25) is 0 Å². The van der Waals surface area contributed by atoms with Crippen LogP contribution in [0.15, 0.2) is 12.4 Å². The first-order chi connectivity index (χ1) is 10.2. The second-order valence-corrected chi connectivity index (χ2v) is 4.69. The second-order valence-electron chi connectivity index (χ2n) is 4.69. The predicted octanol–water partition coefficient (Wildman–Crippen LogP) is 2.63. The molecular weight excluding hydrogens is 266 g/mol. The Labute approximate surface area is 125 Å². The van der Waals surface area contributed by atoms with Gasteiger partial charge in [0.05, 0.1) is 7.11 Å². The van der Waals surface area contributed by atoms with E-state index in [2.05, 4.69) is 39.1 Å². The lowest BCUT2D eigenvalue weighted by Gasteiger charge is -2.12. The number of hydrogen-bond donors (Lipinski definition) is 1. The van der Waals surface area contributed by atoms with E-state index in [-0.39, 0.29) is 0 Å². The number of rotatable bonds is 6. The monoisotopic (exact) mass is 287 g/mol. The summed E-state index contributed by atoms with van der Waals surface area (Å²) in [6, 6.07) is 1.74. The van der Waals surface area contributed by atoms with Gasteiger partial charge in [0.15, 0.2) is 5.82 Å². The van der Waals surface area contributed by atoms with Crippen LogP contribution in [0.25, 0.3) is 11.5 Å². The predicted molar refractivity (Wildman–Crippen MR) is 82.5 cm³/mol. The maximum atomic E-state index is 5.13. The zero-order valence-corrected chi connectivity index (χ0v) is 13.0. The van der Waals surface area contributed by atoms with E-state index in [1.54, 1.807) is 13.2 Å². The Kier molecular flexibility index (Phi) is 5.03. The number of nitrogens with one attached hydrogen (secondary N) is 1. The van der Waals surface area contributed by atoms with Crippen molar-refractivity contribution in [2.24, 2.45) is 0 Å². The van der Waals surface area contributed by atoms with Crippen LogP contribution in [0.2, 0.25) is 0 Å². The van der Waals surface area contributed by atoms with Crippen LogP contribution >= 0.6 is 0 Å². The van der Waals surface area contributed by atoms with Crippen molar-refractivity contribution in [3.05, 3.63) is 23.7 Å². The van der Waals surface area contributed by atoms with Crippen molar-refractivity contribution < 1.29 is 4.74 Å². The highest BCUT2D eigenvalue weighted by molar-refractivity contribution is 5.57. The number of aromatic nitrogens is 4. The van der Waals surface area contributed by atoms with Gasteiger partial charge in [-0.05, 0) is 19.8 Å². The summed E-state index contributed by atoms with van der Waals surface area (Å²) in [5.41, 5.74) is 2.78. The number of methoxy groups -OCH3 is 1. The zero-order valence-electron chi connectivity index (χ0n) is 13.0. The van der Waals surface area contributed by atoms with E-state index >= 15 is 0 Å². The van der Waals surface area contributed by atoms with E-state index in [1.165, 1.54) is 6.33 Å². The smallest absolute Gasteiger partial charge is 0.216 e. The van der Waals surface area contributed by atoms with E-state index in [4.69, 9.17) is 4.74 Å². The van der Waals surface area contributed by atoms with Crippen LogP contribution in [-0.2, 0) is 6.42 Å². The SMILES string of the molecule is CCCNc1nc(-c2cc(OC)ncn2)nc(CC)c1C. The fourth-order valence-corrected chi connectivity index (χ4v) is 2.01. The number of aryl methyl sites for hydroxylation is 1. The van der Waals surface area contributed by atoms with Gasteiger partial charge < -0.3 is 10.1 Å². The van der Waals surface area contributed by atoms with E-state index in [1.807, 2.05) is 6.92 Å². The molecule has 0 aliphatic heterocycles. The van der Waals surface area contributed by atoms with Crippen LogP contribution < -0.4 is 10.1 Å². The van der Waals surface area contributed by atoms with Gasteiger partial charge in [0.25, 0.3) is 0 Å². The first-order valence-corrected chi connectivity index (χ1v) is 7.17. The molecule has 0 amide bonds. The van der Waals surface area contributed by atoms with Crippen LogP contribution in [0, 0.1) is 6.92 Å². The van der Waals surface area contributed by atoms with Crippen molar-refractivity contribution in [3.8, 4) is 17.4 Å². The van der Waals surface area contributed by atoms with Gasteiger partial charge in [-0.1, -0.05) is 13.8 Å². The van der Waals surface area contributed by atoms with E-state index < -0.39 is 0 Å². The average Bonchev–Trinajstić information content (AvgIpc) is 2.54. The maximum absolute atomic E-state index is 5.13. The Morgan fingerprint density at radius 1 is 1.19 bits per heavy atom. The van der Waals surface area contributed by atoms with Crippen LogP contribution in [0.1, 0.15) is 31.5 Å². The number of nitrogens with zero attached hydrogens (tertiary/aromatic N) is 4. The molecule has 21 heavy (non-hydrogen) atoms. The Balaban J connectivity index is 2.47. The molecule has 1 N–H and O–H groups in total. The van der Waals surface area contributed by atoms with E-state index in [9.17, 15) is 0 Å². The summed E-state index contributed by atoms with van der Waals surface area (Å²) in [4.78, 5) is 17.5. The highest BCUT2D eigenvalue weighted by Gasteiger charge is 2.12. The van der Waals surface area contributed by atoms with Crippen molar-refractivity contribution in [2.75, 3.05) is 19.0 Å². The fraction of sp³-hybridized carbons (Fsp3) is 0.467. The molecular formula is C15H21N5O. The molecule has 0 radical (unpaired) electrons. The van der Waals surface area contributed by atoms with Gasteiger partial charge in [0, 0.05) is 23.9 Å². The van der Waals surface area contributed by atoms with Crippen molar-refractivity contribution in [1.82, 2.24) is 19.9 Å². The summed E-state index contributed by atoms with van der Waals surface area (Å²) in [6.07, 6.45) is 3.36. The second kappa shape index (κ2) is 6.97. The lowest BCUT2D eigenvalue weighted by atomic mass is 10.2. The van der Waals surface area contributed by atoms with Gasteiger partial charge >= 0.3 is 0 Å². The number of ether oxygens (including phenoxy) is 1. The number of anilines is 1. The highest BCUT2D eigenvalue weighted by atomic mass is 16.5. The normalized spacial score (nSPS) is 10.5. The molecule has 0 bridgehead atoms. The van der Waals surface area contributed by atoms with Gasteiger partial charge in [-0.25, -0.2) is 19.9 Å². The Morgan fingerprint density at radius 2 is 2.00 bits per heavy atom. The Bertz CT molecular complexity index is 615. The molecule has 112 valence electrons. The molecule has 2 rings (SSSR count). The molecule has 2 aromatic heterocycles. The minimum atomic E-state index is 0.505. The van der Waals surface area contributed by atoms with Gasteiger partial charge in [-0.15, -0.1) is 0 Å². The molecule has 0 aliphatic rings. The molecule has 0 atom stereocenters. The largest absolute Gasteiger partial charge is 0.481 e. The van der Waals surface area contributed by atoms with Gasteiger partial charge in [-0.2, -0.15) is 0 Å². The third-order valence-corrected chi connectivity index (χ3v) is 3.20. The minimum Gasteiger partial charge on any atom is -0.481 e.